The molecule has 1 aromatic carbocycles. The Hall–Kier alpha value is -2.15. The van der Waals surface area contributed by atoms with Gasteiger partial charge in [-0.25, -0.2) is 0 Å². The number of rotatable bonds is 4. The molecule has 3 rings (SSSR count). The molecular weight excluding hydrogens is 340 g/mol. The molecule has 25 heavy (non-hydrogen) atoms. The van der Waals surface area contributed by atoms with Gasteiger partial charge < -0.3 is 9.64 Å². The van der Waals surface area contributed by atoms with Gasteiger partial charge in [-0.1, -0.05) is 23.7 Å². The van der Waals surface area contributed by atoms with Crippen molar-refractivity contribution in [3.63, 3.8) is 0 Å². The fraction of sp³-hybridized carbons (Fsp3) is 0.500. The van der Waals surface area contributed by atoms with Crippen LogP contribution >= 0.6 is 11.5 Å². The number of benzene rings is 1. The predicted octanol–water partition coefficient (Wildman–Crippen LogP) is 2.43. The van der Waals surface area contributed by atoms with Crippen LogP contribution in [0.5, 0.6) is 0 Å². The molecule has 1 saturated heterocycles. The van der Waals surface area contributed by atoms with Crippen LogP contribution in [0.1, 0.15) is 32.7 Å². The quantitative estimate of drug-likeness (QED) is 0.784. The molecule has 0 aliphatic carbocycles. The summed E-state index contributed by atoms with van der Waals surface area (Å²) in [5.74, 6) is -0.640. The van der Waals surface area contributed by atoms with E-state index < -0.39 is 6.04 Å². The van der Waals surface area contributed by atoms with Gasteiger partial charge in [0.1, 0.15) is 6.04 Å². The van der Waals surface area contributed by atoms with E-state index in [0.29, 0.717) is 25.1 Å². The highest BCUT2D eigenvalue weighted by Crippen LogP contribution is 2.24. The number of carbonyl (C=O) groups excluding carboxylic acids is 2. The molecule has 1 fully saturated rings. The standard InChI is InChI=1S/C18H22N2O4S/c1-3-24-18(23)13-7-6-10-19(11-13)16(21)12(2)20-17(22)14-8-4-5-9-15(14)25-20/h4-5,8-9,12-13H,3,6-7,10-11H2,1-2H3. The number of hydrogen-bond donors (Lipinski definition) is 0. The summed E-state index contributed by atoms with van der Waals surface area (Å²) < 4.78 is 7.48. The van der Waals surface area contributed by atoms with Crippen molar-refractivity contribution in [2.24, 2.45) is 5.92 Å². The van der Waals surface area contributed by atoms with E-state index in [-0.39, 0.29) is 23.4 Å². The molecule has 1 aliphatic heterocycles. The van der Waals surface area contributed by atoms with Gasteiger partial charge in [0, 0.05) is 13.1 Å². The Labute approximate surface area is 150 Å². The SMILES string of the molecule is CCOC(=O)C1CCCN(C(=O)C(C)n2sc3ccccc3c2=O)C1. The maximum absolute atomic E-state index is 12.9. The highest BCUT2D eigenvalue weighted by atomic mass is 32.1. The molecule has 134 valence electrons. The van der Waals surface area contributed by atoms with E-state index in [9.17, 15) is 14.4 Å². The second kappa shape index (κ2) is 7.39. The van der Waals surface area contributed by atoms with Gasteiger partial charge >= 0.3 is 5.97 Å². The van der Waals surface area contributed by atoms with Gasteiger partial charge in [-0.3, -0.25) is 18.3 Å². The van der Waals surface area contributed by atoms with E-state index in [0.717, 1.165) is 17.5 Å². The van der Waals surface area contributed by atoms with Gasteiger partial charge in [0.15, 0.2) is 0 Å². The van der Waals surface area contributed by atoms with Crippen LogP contribution in [0.25, 0.3) is 10.1 Å². The summed E-state index contributed by atoms with van der Waals surface area (Å²) in [6, 6.07) is 6.78. The number of hydrogen-bond acceptors (Lipinski definition) is 5. The number of carbonyl (C=O) groups is 2. The maximum Gasteiger partial charge on any atom is 0.310 e. The van der Waals surface area contributed by atoms with Crippen LogP contribution in [-0.4, -0.2) is 40.4 Å². The predicted molar refractivity (Wildman–Crippen MR) is 96.7 cm³/mol. The Balaban J connectivity index is 1.78. The number of esters is 1. The molecule has 6 nitrogen and oxygen atoms in total. The first-order chi connectivity index (χ1) is 12.0. The molecule has 0 bridgehead atoms. The van der Waals surface area contributed by atoms with Gasteiger partial charge in [-0.2, -0.15) is 0 Å². The minimum Gasteiger partial charge on any atom is -0.466 e. The van der Waals surface area contributed by atoms with Crippen LogP contribution < -0.4 is 5.56 Å². The fourth-order valence-corrected chi connectivity index (χ4v) is 4.27. The number of nitrogens with zero attached hydrogens (tertiary/aromatic N) is 2. The lowest BCUT2D eigenvalue weighted by atomic mass is 9.97. The summed E-state index contributed by atoms with van der Waals surface area (Å²) in [5, 5.41) is 0.634. The smallest absolute Gasteiger partial charge is 0.310 e. The minimum absolute atomic E-state index is 0.123. The van der Waals surface area contributed by atoms with E-state index in [2.05, 4.69) is 0 Å². The summed E-state index contributed by atoms with van der Waals surface area (Å²) in [4.78, 5) is 39.1. The number of piperidine rings is 1. The number of amides is 1. The molecular formula is C18H22N2O4S. The average Bonchev–Trinajstić information content (AvgIpc) is 2.98. The number of aromatic nitrogens is 1. The second-order valence-corrected chi connectivity index (χ2v) is 7.29. The van der Waals surface area contributed by atoms with Crippen LogP contribution in [0.4, 0.5) is 0 Å². The summed E-state index contributed by atoms with van der Waals surface area (Å²) >= 11 is 1.30. The number of likely N-dealkylation sites (tertiary alicyclic amines) is 1. The summed E-state index contributed by atoms with van der Waals surface area (Å²) in [6.45, 7) is 4.84. The molecule has 0 N–H and O–H groups in total. The number of ether oxygens (including phenoxy) is 1. The molecule has 0 spiro atoms. The molecule has 1 aliphatic rings. The highest BCUT2D eigenvalue weighted by Gasteiger charge is 2.32. The first-order valence-corrected chi connectivity index (χ1v) is 9.36. The van der Waals surface area contributed by atoms with Gasteiger partial charge in [-0.15, -0.1) is 0 Å². The molecule has 1 amide bonds. The van der Waals surface area contributed by atoms with Gasteiger partial charge in [0.05, 0.1) is 22.6 Å². The Morgan fingerprint density at radius 2 is 2.12 bits per heavy atom. The third kappa shape index (κ3) is 3.46. The lowest BCUT2D eigenvalue weighted by molar-refractivity contribution is -0.151. The van der Waals surface area contributed by atoms with Crippen LogP contribution in [0.15, 0.2) is 29.1 Å². The number of fused-ring (bicyclic) bond motifs is 1. The van der Waals surface area contributed by atoms with Crippen molar-refractivity contribution in [3.8, 4) is 0 Å². The molecule has 0 radical (unpaired) electrons. The Bertz CT molecular complexity index is 841. The van der Waals surface area contributed by atoms with Crippen molar-refractivity contribution in [2.45, 2.75) is 32.7 Å². The molecule has 2 heterocycles. The van der Waals surface area contributed by atoms with E-state index in [1.807, 2.05) is 18.2 Å². The largest absolute Gasteiger partial charge is 0.466 e. The normalized spacial score (nSPS) is 19.0. The van der Waals surface area contributed by atoms with Crippen molar-refractivity contribution in [2.75, 3.05) is 19.7 Å². The maximum atomic E-state index is 12.9. The van der Waals surface area contributed by atoms with E-state index in [1.54, 1.807) is 24.8 Å². The van der Waals surface area contributed by atoms with E-state index >= 15 is 0 Å². The molecule has 2 atom stereocenters. The molecule has 2 unspecified atom stereocenters. The zero-order valence-electron chi connectivity index (χ0n) is 14.4. The monoisotopic (exact) mass is 362 g/mol. The zero-order chi connectivity index (χ0) is 18.0. The van der Waals surface area contributed by atoms with Gasteiger partial charge in [0.2, 0.25) is 5.91 Å². The summed E-state index contributed by atoms with van der Waals surface area (Å²) in [7, 11) is 0. The zero-order valence-corrected chi connectivity index (χ0v) is 15.3. The Morgan fingerprint density at radius 1 is 1.36 bits per heavy atom. The first-order valence-electron chi connectivity index (χ1n) is 8.59. The van der Waals surface area contributed by atoms with Crippen LogP contribution in [0, 0.1) is 5.92 Å². The molecule has 7 heteroatoms. The second-order valence-electron chi connectivity index (χ2n) is 6.27. The van der Waals surface area contributed by atoms with E-state index in [1.165, 1.54) is 15.5 Å². The van der Waals surface area contributed by atoms with Crippen LogP contribution in [0.3, 0.4) is 0 Å². The van der Waals surface area contributed by atoms with Crippen LogP contribution in [0.2, 0.25) is 0 Å². The van der Waals surface area contributed by atoms with Crippen LogP contribution in [-0.2, 0) is 14.3 Å². The van der Waals surface area contributed by atoms with E-state index in [4.69, 9.17) is 4.74 Å². The Kier molecular flexibility index (Phi) is 5.22. The lowest BCUT2D eigenvalue weighted by Crippen LogP contribution is -2.45. The van der Waals surface area contributed by atoms with Gasteiger partial charge in [0.25, 0.3) is 5.56 Å². The lowest BCUT2D eigenvalue weighted by Gasteiger charge is -2.33. The van der Waals surface area contributed by atoms with Crippen molar-refractivity contribution >= 4 is 33.5 Å². The van der Waals surface area contributed by atoms with Crippen molar-refractivity contribution in [3.05, 3.63) is 34.6 Å². The molecule has 1 aromatic heterocycles. The first kappa shape index (κ1) is 17.7. The van der Waals surface area contributed by atoms with Crippen molar-refractivity contribution in [1.29, 1.82) is 0 Å². The minimum atomic E-state index is -0.578. The fourth-order valence-electron chi connectivity index (χ4n) is 3.24. The summed E-state index contributed by atoms with van der Waals surface area (Å²) in [6.07, 6.45) is 1.50. The van der Waals surface area contributed by atoms with Crippen molar-refractivity contribution < 1.29 is 14.3 Å². The highest BCUT2D eigenvalue weighted by molar-refractivity contribution is 7.14. The molecule has 2 aromatic rings. The Morgan fingerprint density at radius 3 is 2.84 bits per heavy atom. The molecule has 0 saturated carbocycles. The third-order valence-corrected chi connectivity index (χ3v) is 5.81. The average molecular weight is 362 g/mol. The third-order valence-electron chi connectivity index (χ3n) is 4.58. The topological polar surface area (TPSA) is 68.6 Å². The van der Waals surface area contributed by atoms with Gasteiger partial charge in [-0.05, 0) is 38.8 Å². The summed E-state index contributed by atoms with van der Waals surface area (Å²) in [5.41, 5.74) is -0.139. The van der Waals surface area contributed by atoms with Crippen molar-refractivity contribution in [1.82, 2.24) is 8.86 Å².